The Balaban J connectivity index is 2.27. The molecule has 5 heteroatoms. The van der Waals surface area contributed by atoms with Gasteiger partial charge in [0, 0.05) is 13.1 Å². The summed E-state index contributed by atoms with van der Waals surface area (Å²) in [5, 5.41) is 5.99. The number of carbonyl (C=O) groups excluding carboxylic acids is 2. The fourth-order valence-corrected chi connectivity index (χ4v) is 1.87. The molecule has 0 aromatic heterocycles. The van der Waals surface area contributed by atoms with Crippen molar-refractivity contribution >= 4 is 11.8 Å². The topological polar surface area (TPSA) is 61.4 Å². The van der Waals surface area contributed by atoms with E-state index in [1.54, 1.807) is 4.90 Å². The van der Waals surface area contributed by atoms with E-state index in [1.165, 1.54) is 12.8 Å². The summed E-state index contributed by atoms with van der Waals surface area (Å²) in [6.45, 7) is 6.79. The van der Waals surface area contributed by atoms with E-state index >= 15 is 0 Å². The minimum Gasteiger partial charge on any atom is -0.355 e. The number of carbonyl (C=O) groups is 2. The van der Waals surface area contributed by atoms with Crippen molar-refractivity contribution in [1.82, 2.24) is 15.5 Å². The summed E-state index contributed by atoms with van der Waals surface area (Å²) >= 11 is 0. The van der Waals surface area contributed by atoms with Gasteiger partial charge in [-0.15, -0.1) is 0 Å². The molecule has 0 aromatic rings. The van der Waals surface area contributed by atoms with Crippen molar-refractivity contribution < 1.29 is 9.59 Å². The highest BCUT2D eigenvalue weighted by molar-refractivity contribution is 5.85. The third kappa shape index (κ3) is 7.15. The average molecular weight is 269 g/mol. The highest BCUT2D eigenvalue weighted by atomic mass is 16.2. The number of rotatable bonds is 10. The van der Waals surface area contributed by atoms with Crippen LogP contribution >= 0.6 is 0 Å². The Kier molecular flexibility index (Phi) is 7.48. The minimum atomic E-state index is -0.0640. The summed E-state index contributed by atoms with van der Waals surface area (Å²) in [6.07, 6.45) is 4.34. The van der Waals surface area contributed by atoms with E-state index in [0.717, 1.165) is 25.3 Å². The van der Waals surface area contributed by atoms with Gasteiger partial charge in [0.25, 0.3) is 0 Å². The molecule has 110 valence electrons. The van der Waals surface area contributed by atoms with Gasteiger partial charge in [-0.3, -0.25) is 9.59 Å². The molecule has 1 rings (SSSR count). The van der Waals surface area contributed by atoms with E-state index in [-0.39, 0.29) is 18.4 Å². The van der Waals surface area contributed by atoms with Crippen LogP contribution in [0.5, 0.6) is 0 Å². The molecule has 0 atom stereocenters. The first-order valence-electron chi connectivity index (χ1n) is 7.42. The van der Waals surface area contributed by atoms with E-state index in [0.29, 0.717) is 19.6 Å². The monoisotopic (exact) mass is 269 g/mol. The molecule has 0 spiro atoms. The molecule has 0 aliphatic heterocycles. The molecule has 0 heterocycles. The third-order valence-corrected chi connectivity index (χ3v) is 3.16. The zero-order valence-electron chi connectivity index (χ0n) is 12.2. The Hall–Kier alpha value is -1.10. The van der Waals surface area contributed by atoms with Crippen molar-refractivity contribution in [3.8, 4) is 0 Å². The largest absolute Gasteiger partial charge is 0.355 e. The number of nitrogens with zero attached hydrogens (tertiary/aromatic N) is 1. The zero-order chi connectivity index (χ0) is 14.1. The molecule has 0 saturated heterocycles. The Morgan fingerprint density at radius 2 is 1.95 bits per heavy atom. The van der Waals surface area contributed by atoms with E-state index in [4.69, 9.17) is 0 Å². The van der Waals surface area contributed by atoms with Crippen molar-refractivity contribution in [2.24, 2.45) is 5.92 Å². The van der Waals surface area contributed by atoms with Gasteiger partial charge in [0.1, 0.15) is 0 Å². The fourth-order valence-electron chi connectivity index (χ4n) is 1.87. The molecule has 5 nitrogen and oxygen atoms in total. The van der Waals surface area contributed by atoms with Gasteiger partial charge in [-0.1, -0.05) is 13.8 Å². The molecule has 1 fully saturated rings. The van der Waals surface area contributed by atoms with E-state index in [2.05, 4.69) is 10.6 Å². The second kappa shape index (κ2) is 8.91. The fraction of sp³-hybridized carbons (Fsp3) is 0.857. The van der Waals surface area contributed by atoms with Gasteiger partial charge in [-0.2, -0.15) is 0 Å². The average Bonchev–Trinajstić information content (AvgIpc) is 3.19. The molecule has 1 aliphatic rings. The van der Waals surface area contributed by atoms with Crippen LogP contribution in [-0.2, 0) is 9.59 Å². The molecule has 19 heavy (non-hydrogen) atoms. The van der Waals surface area contributed by atoms with Crippen molar-refractivity contribution in [3.05, 3.63) is 0 Å². The van der Waals surface area contributed by atoms with Crippen LogP contribution < -0.4 is 10.6 Å². The lowest BCUT2D eigenvalue weighted by molar-refractivity contribution is -0.135. The van der Waals surface area contributed by atoms with Gasteiger partial charge < -0.3 is 15.5 Å². The summed E-state index contributed by atoms with van der Waals surface area (Å²) in [4.78, 5) is 25.3. The predicted molar refractivity (Wildman–Crippen MR) is 75.8 cm³/mol. The second-order valence-electron chi connectivity index (χ2n) is 5.24. The maximum atomic E-state index is 12.0. The second-order valence-corrected chi connectivity index (χ2v) is 5.24. The summed E-state index contributed by atoms with van der Waals surface area (Å²) in [5.41, 5.74) is 0. The molecule has 1 aliphatic carbocycles. The number of amides is 2. The Labute approximate surface area is 116 Å². The van der Waals surface area contributed by atoms with Crippen molar-refractivity contribution in [3.63, 3.8) is 0 Å². The van der Waals surface area contributed by atoms with Crippen LogP contribution in [0.15, 0.2) is 0 Å². The standard InChI is InChI=1S/C14H27N3O2/c1-3-7-16-13(18)11-17(8-4-2)14(19)10-15-9-12-5-6-12/h12,15H,3-11H2,1-2H3,(H,16,18). The van der Waals surface area contributed by atoms with Gasteiger partial charge in [-0.25, -0.2) is 0 Å². The van der Waals surface area contributed by atoms with Crippen molar-refractivity contribution in [2.45, 2.75) is 39.5 Å². The normalized spacial score (nSPS) is 14.2. The van der Waals surface area contributed by atoms with Crippen molar-refractivity contribution in [1.29, 1.82) is 0 Å². The van der Waals surface area contributed by atoms with Gasteiger partial charge in [0.15, 0.2) is 0 Å². The minimum absolute atomic E-state index is 0.0224. The number of nitrogens with one attached hydrogen (secondary N) is 2. The van der Waals surface area contributed by atoms with Crippen LogP contribution in [-0.4, -0.2) is 49.4 Å². The van der Waals surface area contributed by atoms with Crippen molar-refractivity contribution in [2.75, 3.05) is 32.7 Å². The van der Waals surface area contributed by atoms with E-state index < -0.39 is 0 Å². The van der Waals surface area contributed by atoms with Gasteiger partial charge in [0.05, 0.1) is 13.1 Å². The highest BCUT2D eigenvalue weighted by Crippen LogP contribution is 2.27. The molecular weight excluding hydrogens is 242 g/mol. The molecule has 0 bridgehead atoms. The van der Waals surface area contributed by atoms with Crippen LogP contribution in [0.4, 0.5) is 0 Å². The summed E-state index contributed by atoms with van der Waals surface area (Å²) in [5.74, 6) is 0.722. The van der Waals surface area contributed by atoms with Gasteiger partial charge >= 0.3 is 0 Å². The van der Waals surface area contributed by atoms with Crippen LogP contribution in [0, 0.1) is 5.92 Å². The van der Waals surface area contributed by atoms with Crippen LogP contribution in [0.2, 0.25) is 0 Å². The SMILES string of the molecule is CCCNC(=O)CN(CCC)C(=O)CNCC1CC1. The smallest absolute Gasteiger partial charge is 0.239 e. The molecule has 2 N–H and O–H groups in total. The summed E-state index contributed by atoms with van der Waals surface area (Å²) in [6, 6.07) is 0. The maximum Gasteiger partial charge on any atom is 0.239 e. The molecule has 1 saturated carbocycles. The first kappa shape index (κ1) is 16.0. The molecular formula is C14H27N3O2. The zero-order valence-corrected chi connectivity index (χ0v) is 12.2. The lowest BCUT2D eigenvalue weighted by Gasteiger charge is -2.21. The maximum absolute atomic E-state index is 12.0. The first-order chi connectivity index (χ1) is 9.17. The van der Waals surface area contributed by atoms with Crippen LogP contribution in [0.1, 0.15) is 39.5 Å². The molecule has 2 amide bonds. The lowest BCUT2D eigenvalue weighted by Crippen LogP contribution is -2.44. The quantitative estimate of drug-likeness (QED) is 0.615. The van der Waals surface area contributed by atoms with Gasteiger partial charge in [-0.05, 0) is 38.1 Å². The lowest BCUT2D eigenvalue weighted by atomic mass is 10.3. The van der Waals surface area contributed by atoms with Gasteiger partial charge in [0.2, 0.25) is 11.8 Å². The highest BCUT2D eigenvalue weighted by Gasteiger charge is 2.21. The molecule has 0 unspecified atom stereocenters. The predicted octanol–water partition coefficient (Wildman–Crippen LogP) is 0.751. The number of hydrogen-bond donors (Lipinski definition) is 2. The van der Waals surface area contributed by atoms with E-state index in [9.17, 15) is 9.59 Å². The van der Waals surface area contributed by atoms with Crippen LogP contribution in [0.3, 0.4) is 0 Å². The first-order valence-corrected chi connectivity index (χ1v) is 7.42. The van der Waals surface area contributed by atoms with E-state index in [1.807, 2.05) is 13.8 Å². The van der Waals surface area contributed by atoms with Crippen LogP contribution in [0.25, 0.3) is 0 Å². The Morgan fingerprint density at radius 3 is 2.53 bits per heavy atom. The summed E-state index contributed by atoms with van der Waals surface area (Å²) < 4.78 is 0. The number of hydrogen-bond acceptors (Lipinski definition) is 3. The Morgan fingerprint density at radius 1 is 1.21 bits per heavy atom. The third-order valence-electron chi connectivity index (χ3n) is 3.16. The Bertz CT molecular complexity index is 290. The summed E-state index contributed by atoms with van der Waals surface area (Å²) in [7, 11) is 0. The molecule has 0 aromatic carbocycles. The molecule has 0 radical (unpaired) electrons.